The molecule has 0 aliphatic heterocycles. The van der Waals surface area contributed by atoms with Crippen LogP contribution in [0.5, 0.6) is 0 Å². The predicted octanol–water partition coefficient (Wildman–Crippen LogP) is 5.34. The van der Waals surface area contributed by atoms with Gasteiger partial charge in [0, 0.05) is 0 Å². The number of hydrogen-bond donors (Lipinski definition) is 1. The summed E-state index contributed by atoms with van der Waals surface area (Å²) in [7, 11) is 0. The van der Waals surface area contributed by atoms with Crippen LogP contribution in [0.15, 0.2) is 11.6 Å². The molecule has 22 heavy (non-hydrogen) atoms. The van der Waals surface area contributed by atoms with E-state index in [0.29, 0.717) is 10.8 Å². The van der Waals surface area contributed by atoms with Crippen LogP contribution >= 0.6 is 0 Å². The SMILES string of the molecule is CC[C@H]1CC[C@H]2[C@@H]3CC=C4CCC(O)C[C@]4(C)[C@H]3CC[C@]12C. The molecule has 4 aliphatic rings. The molecule has 4 rings (SSSR count). The maximum absolute atomic E-state index is 10.3. The van der Waals surface area contributed by atoms with Gasteiger partial charge in [-0.2, -0.15) is 0 Å². The largest absolute Gasteiger partial charge is 0.393 e. The number of hydrogen-bond acceptors (Lipinski definition) is 1. The summed E-state index contributed by atoms with van der Waals surface area (Å²) in [6, 6.07) is 0. The summed E-state index contributed by atoms with van der Waals surface area (Å²) in [5, 5.41) is 10.3. The number of aliphatic hydroxyl groups is 1. The van der Waals surface area contributed by atoms with E-state index in [4.69, 9.17) is 0 Å². The molecule has 4 aliphatic carbocycles. The van der Waals surface area contributed by atoms with E-state index >= 15 is 0 Å². The molecule has 0 aromatic rings. The number of allylic oxidation sites excluding steroid dienone is 2. The van der Waals surface area contributed by atoms with Crippen LogP contribution in [0.1, 0.15) is 78.6 Å². The van der Waals surface area contributed by atoms with Gasteiger partial charge in [-0.25, -0.2) is 0 Å². The van der Waals surface area contributed by atoms with Crippen molar-refractivity contribution >= 4 is 0 Å². The van der Waals surface area contributed by atoms with Gasteiger partial charge < -0.3 is 5.11 Å². The highest BCUT2D eigenvalue weighted by atomic mass is 16.3. The molecule has 1 nitrogen and oxygen atoms in total. The highest BCUT2D eigenvalue weighted by Crippen LogP contribution is 2.66. The third kappa shape index (κ3) is 1.93. The van der Waals surface area contributed by atoms with Crippen LogP contribution in [0.2, 0.25) is 0 Å². The third-order valence-corrected chi connectivity index (χ3v) is 8.72. The van der Waals surface area contributed by atoms with Gasteiger partial charge in [0.1, 0.15) is 0 Å². The fourth-order valence-electron chi connectivity index (χ4n) is 7.52. The fraction of sp³-hybridized carbons (Fsp3) is 0.905. The molecule has 1 heteroatoms. The van der Waals surface area contributed by atoms with Gasteiger partial charge >= 0.3 is 0 Å². The smallest absolute Gasteiger partial charge is 0.0551 e. The number of fused-ring (bicyclic) bond motifs is 5. The summed E-state index contributed by atoms with van der Waals surface area (Å²) in [5.41, 5.74) is 2.63. The zero-order valence-corrected chi connectivity index (χ0v) is 14.8. The maximum Gasteiger partial charge on any atom is 0.0551 e. The van der Waals surface area contributed by atoms with Gasteiger partial charge in [-0.1, -0.05) is 38.8 Å². The van der Waals surface area contributed by atoms with E-state index in [1.54, 1.807) is 5.57 Å². The van der Waals surface area contributed by atoms with E-state index in [1.165, 1.54) is 38.5 Å². The van der Waals surface area contributed by atoms with Crippen molar-refractivity contribution in [2.75, 3.05) is 0 Å². The van der Waals surface area contributed by atoms with Gasteiger partial charge in [-0.15, -0.1) is 0 Å². The van der Waals surface area contributed by atoms with E-state index in [9.17, 15) is 5.11 Å². The zero-order chi connectivity index (χ0) is 15.5. The van der Waals surface area contributed by atoms with Crippen molar-refractivity contribution < 1.29 is 5.11 Å². The first-order valence-corrected chi connectivity index (χ1v) is 9.86. The molecule has 0 spiro atoms. The molecule has 0 aromatic heterocycles. The van der Waals surface area contributed by atoms with Crippen molar-refractivity contribution in [3.05, 3.63) is 11.6 Å². The fourth-order valence-corrected chi connectivity index (χ4v) is 7.52. The summed E-state index contributed by atoms with van der Waals surface area (Å²) < 4.78 is 0. The molecule has 0 saturated heterocycles. The molecule has 0 heterocycles. The average molecular weight is 303 g/mol. The maximum atomic E-state index is 10.3. The molecule has 0 radical (unpaired) electrons. The normalized spacial score (nSPS) is 54.2. The molecule has 1 unspecified atom stereocenters. The first kappa shape index (κ1) is 15.2. The average Bonchev–Trinajstić information content (AvgIpc) is 2.82. The van der Waals surface area contributed by atoms with E-state index in [2.05, 4.69) is 26.8 Å². The zero-order valence-electron chi connectivity index (χ0n) is 14.8. The van der Waals surface area contributed by atoms with Gasteiger partial charge in [-0.05, 0) is 85.9 Å². The minimum atomic E-state index is -0.0545. The summed E-state index contributed by atoms with van der Waals surface area (Å²) in [6.45, 7) is 7.52. The second-order valence-electron chi connectivity index (χ2n) is 9.38. The van der Waals surface area contributed by atoms with Crippen LogP contribution in [0.4, 0.5) is 0 Å². The molecule has 124 valence electrons. The molecule has 0 aromatic carbocycles. The van der Waals surface area contributed by atoms with Crippen LogP contribution in [-0.4, -0.2) is 11.2 Å². The Morgan fingerprint density at radius 1 is 1.14 bits per heavy atom. The quantitative estimate of drug-likeness (QED) is 0.648. The molecule has 0 amide bonds. The summed E-state index contributed by atoms with van der Waals surface area (Å²) in [5.74, 6) is 3.66. The molecular weight excluding hydrogens is 268 g/mol. The Bertz CT molecular complexity index is 480. The molecule has 3 saturated carbocycles. The van der Waals surface area contributed by atoms with Crippen LogP contribution in [0, 0.1) is 34.5 Å². The standard InChI is InChI=1S/C21H34O/c1-4-14-7-10-18-17-9-6-15-5-8-16(22)13-21(15,3)19(17)11-12-20(14,18)2/h6,14,16-19,22H,4-5,7-13H2,1-3H3/t14-,16?,17-,18-,19-,20+,21-/m0/s1. The van der Waals surface area contributed by atoms with Gasteiger partial charge in [0.05, 0.1) is 6.10 Å². The van der Waals surface area contributed by atoms with Crippen LogP contribution in [0.25, 0.3) is 0 Å². The lowest BCUT2D eigenvalue weighted by molar-refractivity contribution is -0.0573. The van der Waals surface area contributed by atoms with E-state index in [0.717, 1.165) is 42.9 Å². The summed E-state index contributed by atoms with van der Waals surface area (Å²) in [4.78, 5) is 0. The van der Waals surface area contributed by atoms with Gasteiger partial charge in [-0.3, -0.25) is 0 Å². The minimum absolute atomic E-state index is 0.0545. The monoisotopic (exact) mass is 302 g/mol. The second-order valence-corrected chi connectivity index (χ2v) is 9.38. The number of aliphatic hydroxyl groups excluding tert-OH is 1. The summed E-state index contributed by atoms with van der Waals surface area (Å²) in [6.07, 6.45) is 14.2. The Morgan fingerprint density at radius 3 is 2.73 bits per heavy atom. The lowest BCUT2D eigenvalue weighted by Crippen LogP contribution is -2.50. The highest BCUT2D eigenvalue weighted by Gasteiger charge is 2.58. The Kier molecular flexibility index (Phi) is 3.53. The lowest BCUT2D eigenvalue weighted by atomic mass is 9.47. The predicted molar refractivity (Wildman–Crippen MR) is 91.5 cm³/mol. The van der Waals surface area contributed by atoms with Gasteiger partial charge in [0.15, 0.2) is 0 Å². The topological polar surface area (TPSA) is 20.2 Å². The Labute approximate surface area is 136 Å². The van der Waals surface area contributed by atoms with Crippen molar-refractivity contribution in [1.29, 1.82) is 0 Å². The molecule has 1 N–H and O–H groups in total. The summed E-state index contributed by atoms with van der Waals surface area (Å²) >= 11 is 0. The first-order valence-electron chi connectivity index (χ1n) is 9.86. The Balaban J connectivity index is 1.67. The van der Waals surface area contributed by atoms with Crippen LogP contribution in [0.3, 0.4) is 0 Å². The molecule has 3 fully saturated rings. The molecule has 7 atom stereocenters. The van der Waals surface area contributed by atoms with Gasteiger partial charge in [0.25, 0.3) is 0 Å². The van der Waals surface area contributed by atoms with Crippen molar-refractivity contribution in [3.8, 4) is 0 Å². The lowest BCUT2D eigenvalue weighted by Gasteiger charge is -2.58. The molecule has 0 bridgehead atoms. The van der Waals surface area contributed by atoms with Gasteiger partial charge in [0.2, 0.25) is 0 Å². The number of rotatable bonds is 1. The van der Waals surface area contributed by atoms with E-state index in [-0.39, 0.29) is 6.10 Å². The Morgan fingerprint density at radius 2 is 1.95 bits per heavy atom. The third-order valence-electron chi connectivity index (χ3n) is 8.72. The van der Waals surface area contributed by atoms with Crippen molar-refractivity contribution in [2.45, 2.75) is 84.7 Å². The van der Waals surface area contributed by atoms with Crippen LogP contribution in [-0.2, 0) is 0 Å². The highest BCUT2D eigenvalue weighted by molar-refractivity contribution is 5.25. The van der Waals surface area contributed by atoms with Crippen LogP contribution < -0.4 is 0 Å². The second kappa shape index (κ2) is 5.10. The van der Waals surface area contributed by atoms with Crippen molar-refractivity contribution in [3.63, 3.8) is 0 Å². The minimum Gasteiger partial charge on any atom is -0.393 e. The van der Waals surface area contributed by atoms with E-state index < -0.39 is 0 Å². The van der Waals surface area contributed by atoms with Crippen molar-refractivity contribution in [2.24, 2.45) is 34.5 Å². The van der Waals surface area contributed by atoms with E-state index in [1.807, 2.05) is 0 Å². The van der Waals surface area contributed by atoms with Crippen molar-refractivity contribution in [1.82, 2.24) is 0 Å². The Hall–Kier alpha value is -0.300. The molecular formula is C21H34O. The first-order chi connectivity index (χ1) is 10.5.